The van der Waals surface area contributed by atoms with Crippen LogP contribution in [0.5, 0.6) is 0 Å². The fourth-order valence-electron chi connectivity index (χ4n) is 2.93. The first-order valence-electron chi connectivity index (χ1n) is 6.41. The van der Waals surface area contributed by atoms with Gasteiger partial charge in [-0.2, -0.15) is 0 Å². The zero-order valence-electron chi connectivity index (χ0n) is 10.8. The third-order valence-electron chi connectivity index (χ3n) is 4.06. The highest BCUT2D eigenvalue weighted by Gasteiger charge is 2.40. The fourth-order valence-corrected chi connectivity index (χ4v) is 2.93. The maximum atomic E-state index is 12.7. The second kappa shape index (κ2) is 4.61. The Morgan fingerprint density at radius 1 is 1.29 bits per heavy atom. The van der Waals surface area contributed by atoms with E-state index < -0.39 is 0 Å². The van der Waals surface area contributed by atoms with Gasteiger partial charge in [0.05, 0.1) is 0 Å². The minimum absolute atomic E-state index is 0.259. The summed E-state index contributed by atoms with van der Waals surface area (Å²) >= 11 is 0. The zero-order chi connectivity index (χ0) is 12.5. The Bertz CT molecular complexity index is 431. The number of rotatable bonds is 3. The van der Waals surface area contributed by atoms with E-state index in [1.807, 2.05) is 19.1 Å². The van der Waals surface area contributed by atoms with Crippen LogP contribution < -0.4 is 5.73 Å². The number of hydrogen-bond acceptors (Lipinski definition) is 2. The summed E-state index contributed by atoms with van der Waals surface area (Å²) in [5.41, 5.74) is 8.73. The second-order valence-corrected chi connectivity index (χ2v) is 5.34. The summed E-state index contributed by atoms with van der Waals surface area (Å²) in [5.74, 6) is 0.259. The molecule has 2 nitrogen and oxygen atoms in total. The molecule has 17 heavy (non-hydrogen) atoms. The molecule has 0 atom stereocenters. The summed E-state index contributed by atoms with van der Waals surface area (Å²) in [6, 6.07) is 6.05. The number of carbonyl (C=O) groups is 1. The van der Waals surface area contributed by atoms with E-state index in [1.54, 1.807) is 0 Å². The van der Waals surface area contributed by atoms with Gasteiger partial charge in [0, 0.05) is 17.5 Å². The van der Waals surface area contributed by atoms with Gasteiger partial charge in [-0.05, 0) is 32.3 Å². The van der Waals surface area contributed by atoms with Crippen molar-refractivity contribution >= 4 is 5.78 Å². The summed E-state index contributed by atoms with van der Waals surface area (Å²) in [4.78, 5) is 12.7. The Hall–Kier alpha value is -1.15. The number of Topliss-reactive ketones (excluding diaryl/α,β-unsaturated/α-hetero) is 1. The van der Waals surface area contributed by atoms with Gasteiger partial charge in [-0.3, -0.25) is 4.79 Å². The van der Waals surface area contributed by atoms with Crippen LogP contribution in [-0.4, -0.2) is 12.3 Å². The minimum atomic E-state index is -0.278. The van der Waals surface area contributed by atoms with Crippen LogP contribution >= 0.6 is 0 Å². The third kappa shape index (κ3) is 2.14. The number of aryl methyl sites for hydroxylation is 2. The van der Waals surface area contributed by atoms with Gasteiger partial charge in [-0.1, -0.05) is 36.6 Å². The van der Waals surface area contributed by atoms with Crippen LogP contribution in [0.25, 0.3) is 0 Å². The Morgan fingerprint density at radius 3 is 2.47 bits per heavy atom. The first-order chi connectivity index (χ1) is 8.09. The molecule has 1 aliphatic carbocycles. The number of carbonyl (C=O) groups excluding carboxylic acids is 1. The summed E-state index contributed by atoms with van der Waals surface area (Å²) in [6.07, 6.45) is 4.17. The van der Waals surface area contributed by atoms with Crippen molar-refractivity contribution < 1.29 is 4.79 Å². The van der Waals surface area contributed by atoms with Gasteiger partial charge in [0.1, 0.15) is 0 Å². The van der Waals surface area contributed by atoms with E-state index in [0.29, 0.717) is 6.54 Å². The molecule has 1 fully saturated rings. The maximum Gasteiger partial charge on any atom is 0.170 e. The standard InChI is InChI=1S/C15H21NO/c1-11-5-6-13(12(2)9-11)14(17)15(10-16)7-3-4-8-15/h5-6,9H,3-4,7-8,10,16H2,1-2H3. The first-order valence-corrected chi connectivity index (χ1v) is 6.41. The van der Waals surface area contributed by atoms with Gasteiger partial charge in [-0.25, -0.2) is 0 Å². The van der Waals surface area contributed by atoms with Crippen molar-refractivity contribution in [1.29, 1.82) is 0 Å². The van der Waals surface area contributed by atoms with Gasteiger partial charge in [0.25, 0.3) is 0 Å². The molecular formula is C15H21NO. The molecule has 0 unspecified atom stereocenters. The highest BCUT2D eigenvalue weighted by molar-refractivity contribution is 6.02. The lowest BCUT2D eigenvalue weighted by Crippen LogP contribution is -2.36. The molecule has 0 aliphatic heterocycles. The quantitative estimate of drug-likeness (QED) is 0.813. The van der Waals surface area contributed by atoms with Crippen molar-refractivity contribution in [1.82, 2.24) is 0 Å². The van der Waals surface area contributed by atoms with Gasteiger partial charge < -0.3 is 5.73 Å². The molecule has 1 aromatic rings. The van der Waals surface area contributed by atoms with E-state index in [0.717, 1.165) is 36.8 Å². The third-order valence-corrected chi connectivity index (χ3v) is 4.06. The summed E-state index contributed by atoms with van der Waals surface area (Å²) in [7, 11) is 0. The largest absolute Gasteiger partial charge is 0.329 e. The Morgan fingerprint density at radius 2 is 1.94 bits per heavy atom. The Balaban J connectivity index is 2.36. The van der Waals surface area contributed by atoms with Crippen molar-refractivity contribution in [3.63, 3.8) is 0 Å². The molecule has 1 aliphatic rings. The first kappa shape index (κ1) is 12.3. The van der Waals surface area contributed by atoms with Gasteiger partial charge >= 0.3 is 0 Å². The van der Waals surface area contributed by atoms with E-state index in [4.69, 9.17) is 5.73 Å². The van der Waals surface area contributed by atoms with Crippen LogP contribution in [-0.2, 0) is 0 Å². The molecule has 1 saturated carbocycles. The molecule has 1 aromatic carbocycles. The van der Waals surface area contributed by atoms with Crippen LogP contribution in [0.3, 0.4) is 0 Å². The molecule has 0 saturated heterocycles. The van der Waals surface area contributed by atoms with Crippen molar-refractivity contribution in [2.75, 3.05) is 6.54 Å². The molecule has 92 valence electrons. The van der Waals surface area contributed by atoms with Crippen LogP contribution in [0.4, 0.5) is 0 Å². The molecule has 0 spiro atoms. The second-order valence-electron chi connectivity index (χ2n) is 5.34. The van der Waals surface area contributed by atoms with Gasteiger partial charge in [0.2, 0.25) is 0 Å². The summed E-state index contributed by atoms with van der Waals surface area (Å²) in [6.45, 7) is 4.55. The topological polar surface area (TPSA) is 43.1 Å². The molecule has 0 radical (unpaired) electrons. The number of benzene rings is 1. The highest BCUT2D eigenvalue weighted by atomic mass is 16.1. The van der Waals surface area contributed by atoms with Crippen LogP contribution in [0, 0.1) is 19.3 Å². The van der Waals surface area contributed by atoms with E-state index >= 15 is 0 Å². The number of ketones is 1. The predicted octanol–water partition coefficient (Wildman–Crippen LogP) is 3.01. The lowest BCUT2D eigenvalue weighted by Gasteiger charge is -2.26. The van der Waals surface area contributed by atoms with Gasteiger partial charge in [-0.15, -0.1) is 0 Å². The highest BCUT2D eigenvalue weighted by Crippen LogP contribution is 2.40. The van der Waals surface area contributed by atoms with E-state index in [1.165, 1.54) is 5.56 Å². The lowest BCUT2D eigenvalue weighted by molar-refractivity contribution is 0.0809. The van der Waals surface area contributed by atoms with E-state index in [-0.39, 0.29) is 11.2 Å². The molecule has 2 rings (SSSR count). The molecule has 0 bridgehead atoms. The van der Waals surface area contributed by atoms with Crippen LogP contribution in [0.15, 0.2) is 18.2 Å². The van der Waals surface area contributed by atoms with Crippen LogP contribution in [0.1, 0.15) is 47.2 Å². The summed E-state index contributed by atoms with van der Waals surface area (Å²) in [5, 5.41) is 0. The summed E-state index contributed by atoms with van der Waals surface area (Å²) < 4.78 is 0. The molecular weight excluding hydrogens is 210 g/mol. The average Bonchev–Trinajstić information content (AvgIpc) is 2.78. The minimum Gasteiger partial charge on any atom is -0.329 e. The van der Waals surface area contributed by atoms with Crippen LogP contribution in [0.2, 0.25) is 0 Å². The maximum absolute atomic E-state index is 12.7. The molecule has 0 aromatic heterocycles. The van der Waals surface area contributed by atoms with Crippen molar-refractivity contribution in [2.45, 2.75) is 39.5 Å². The Kier molecular flexibility index (Phi) is 3.34. The molecule has 0 heterocycles. The average molecular weight is 231 g/mol. The molecule has 2 heteroatoms. The molecule has 2 N–H and O–H groups in total. The molecule has 0 amide bonds. The Labute approximate surface area is 103 Å². The van der Waals surface area contributed by atoms with E-state index in [2.05, 4.69) is 13.0 Å². The van der Waals surface area contributed by atoms with Crippen molar-refractivity contribution in [3.05, 3.63) is 34.9 Å². The zero-order valence-corrected chi connectivity index (χ0v) is 10.8. The van der Waals surface area contributed by atoms with E-state index in [9.17, 15) is 4.79 Å². The number of nitrogens with two attached hydrogens (primary N) is 1. The number of hydrogen-bond donors (Lipinski definition) is 1. The SMILES string of the molecule is Cc1ccc(C(=O)C2(CN)CCCC2)c(C)c1. The van der Waals surface area contributed by atoms with Gasteiger partial charge in [0.15, 0.2) is 5.78 Å². The normalized spacial score (nSPS) is 18.3. The fraction of sp³-hybridized carbons (Fsp3) is 0.533. The lowest BCUT2D eigenvalue weighted by atomic mass is 9.78. The smallest absolute Gasteiger partial charge is 0.170 e. The monoisotopic (exact) mass is 231 g/mol. The van der Waals surface area contributed by atoms with Crippen molar-refractivity contribution in [3.8, 4) is 0 Å². The van der Waals surface area contributed by atoms with Crippen molar-refractivity contribution in [2.24, 2.45) is 11.1 Å². The predicted molar refractivity (Wildman–Crippen MR) is 70.2 cm³/mol.